The molecule has 208 valence electrons. The van der Waals surface area contributed by atoms with Crippen LogP contribution in [0.4, 0.5) is 33.7 Å². The zero-order valence-electron chi connectivity index (χ0n) is 20.7. The zero-order valence-corrected chi connectivity index (χ0v) is 21.5. The van der Waals surface area contributed by atoms with Gasteiger partial charge in [-0.2, -0.15) is 13.2 Å². The highest BCUT2D eigenvalue weighted by atomic mass is 32.2. The minimum absolute atomic E-state index is 0.0916. The molecule has 0 aliphatic heterocycles. The van der Waals surface area contributed by atoms with Crippen molar-refractivity contribution in [2.45, 2.75) is 11.1 Å². The van der Waals surface area contributed by atoms with Crippen molar-refractivity contribution in [3.63, 3.8) is 0 Å². The summed E-state index contributed by atoms with van der Waals surface area (Å²) in [5.41, 5.74) is -0.877. The molecule has 12 heteroatoms. The van der Waals surface area contributed by atoms with Gasteiger partial charge in [0.25, 0.3) is 0 Å². The molecule has 2 amide bonds. The summed E-state index contributed by atoms with van der Waals surface area (Å²) in [6.45, 7) is -0.594. The maximum absolute atomic E-state index is 14.2. The summed E-state index contributed by atoms with van der Waals surface area (Å²) in [5.74, 6) is 0.385. The molecule has 0 saturated heterocycles. The molecule has 0 saturated carbocycles. The number of rotatable bonds is 9. The van der Waals surface area contributed by atoms with Crippen molar-refractivity contribution in [3.8, 4) is 11.5 Å². The predicted molar refractivity (Wildman–Crippen MR) is 142 cm³/mol. The van der Waals surface area contributed by atoms with Crippen LogP contribution in [0.5, 0.6) is 11.5 Å². The molecule has 0 unspecified atom stereocenters. The molecule has 4 aromatic rings. The lowest BCUT2D eigenvalue weighted by Crippen LogP contribution is -2.41. The van der Waals surface area contributed by atoms with Gasteiger partial charge in [-0.15, -0.1) is 0 Å². The third-order valence-corrected chi connectivity index (χ3v) is 7.05. The van der Waals surface area contributed by atoms with Crippen LogP contribution in [0.3, 0.4) is 0 Å². The smallest absolute Gasteiger partial charge is 0.416 e. The van der Waals surface area contributed by atoms with Crippen molar-refractivity contribution in [1.82, 2.24) is 4.72 Å². The lowest BCUT2D eigenvalue weighted by molar-refractivity contribution is -0.137. The van der Waals surface area contributed by atoms with E-state index in [4.69, 9.17) is 4.74 Å². The van der Waals surface area contributed by atoms with Gasteiger partial charge in [0.1, 0.15) is 17.3 Å². The van der Waals surface area contributed by atoms with Gasteiger partial charge in [0.15, 0.2) is 0 Å². The third-order valence-electron chi connectivity index (χ3n) is 5.59. The van der Waals surface area contributed by atoms with Gasteiger partial charge in [0.05, 0.1) is 16.1 Å². The molecule has 0 radical (unpaired) electrons. The summed E-state index contributed by atoms with van der Waals surface area (Å²) in [4.78, 5) is 13.7. The lowest BCUT2D eigenvalue weighted by Gasteiger charge is -2.24. The van der Waals surface area contributed by atoms with E-state index in [1.54, 1.807) is 48.5 Å². The summed E-state index contributed by atoms with van der Waals surface area (Å²) < 4.78 is 86.7. The first kappa shape index (κ1) is 28.6. The number of hydrogen-bond acceptors (Lipinski definition) is 4. The first-order valence-corrected chi connectivity index (χ1v) is 13.3. The lowest BCUT2D eigenvalue weighted by atomic mass is 10.2. The molecule has 4 aromatic carbocycles. The molecule has 40 heavy (non-hydrogen) atoms. The fourth-order valence-electron chi connectivity index (χ4n) is 3.63. The number of halogens is 4. The number of ether oxygens (including phenoxy) is 1. The van der Waals surface area contributed by atoms with Crippen LogP contribution in [0.2, 0.25) is 0 Å². The number of urea groups is 1. The highest BCUT2D eigenvalue weighted by Gasteiger charge is 2.31. The fourth-order valence-corrected chi connectivity index (χ4v) is 4.69. The number of sulfonamides is 1. The molecule has 0 spiro atoms. The Morgan fingerprint density at radius 2 is 1.48 bits per heavy atom. The number of carbonyl (C=O) groups excluding carboxylic acids is 1. The summed E-state index contributed by atoms with van der Waals surface area (Å²) in [5, 5.41) is 2.45. The fraction of sp³-hybridized carbons (Fsp3) is 0.107. The number of anilines is 2. The van der Waals surface area contributed by atoms with Crippen molar-refractivity contribution in [1.29, 1.82) is 0 Å². The number of nitrogens with zero attached hydrogens (tertiary/aromatic N) is 1. The van der Waals surface area contributed by atoms with Gasteiger partial charge in [-0.05, 0) is 66.7 Å². The second-order valence-electron chi connectivity index (χ2n) is 8.39. The topological polar surface area (TPSA) is 87.7 Å². The monoisotopic (exact) mass is 573 g/mol. The predicted octanol–water partition coefficient (Wildman–Crippen LogP) is 6.65. The van der Waals surface area contributed by atoms with E-state index in [0.29, 0.717) is 23.3 Å². The molecule has 0 atom stereocenters. The SMILES string of the molecule is O=C(Nc1ccccc1F)N(CCNS(=O)(=O)c1cccc(C(F)(F)F)c1)c1ccc(Oc2ccccc2)cc1. The molecule has 7 nitrogen and oxygen atoms in total. The van der Waals surface area contributed by atoms with Gasteiger partial charge in [0.2, 0.25) is 10.0 Å². The molecule has 0 fully saturated rings. The molecule has 2 N–H and O–H groups in total. The maximum atomic E-state index is 14.2. The summed E-state index contributed by atoms with van der Waals surface area (Å²) in [7, 11) is -4.34. The summed E-state index contributed by atoms with van der Waals surface area (Å²) in [6, 6.07) is 23.3. The third kappa shape index (κ3) is 7.36. The largest absolute Gasteiger partial charge is 0.457 e. The molecule has 0 bridgehead atoms. The van der Waals surface area contributed by atoms with Gasteiger partial charge in [0, 0.05) is 18.8 Å². The molecular formula is C28H23F4N3O4S. The summed E-state index contributed by atoms with van der Waals surface area (Å²) >= 11 is 0. The van der Waals surface area contributed by atoms with Gasteiger partial charge < -0.3 is 10.1 Å². The van der Waals surface area contributed by atoms with Crippen molar-refractivity contribution in [2.75, 3.05) is 23.3 Å². The van der Waals surface area contributed by atoms with Crippen LogP contribution in [0.15, 0.2) is 108 Å². The average molecular weight is 574 g/mol. The number of amides is 2. The minimum Gasteiger partial charge on any atom is -0.457 e. The average Bonchev–Trinajstić information content (AvgIpc) is 2.93. The molecule has 0 heterocycles. The van der Waals surface area contributed by atoms with Crippen molar-refractivity contribution < 1.29 is 35.5 Å². The van der Waals surface area contributed by atoms with E-state index in [1.165, 1.54) is 24.3 Å². The van der Waals surface area contributed by atoms with E-state index in [1.807, 2.05) is 6.07 Å². The molecule has 4 rings (SSSR count). The first-order chi connectivity index (χ1) is 19.0. The van der Waals surface area contributed by atoms with Gasteiger partial charge >= 0.3 is 12.2 Å². The van der Waals surface area contributed by atoms with Crippen LogP contribution < -0.4 is 19.7 Å². The van der Waals surface area contributed by atoms with E-state index in [9.17, 15) is 30.8 Å². The zero-order chi connectivity index (χ0) is 28.8. The van der Waals surface area contributed by atoms with Crippen LogP contribution in [0.1, 0.15) is 5.56 Å². The van der Waals surface area contributed by atoms with Crippen LogP contribution in [0, 0.1) is 5.82 Å². The standard InChI is InChI=1S/C28H23F4N3O4S/c29-25-11-4-5-12-26(25)34-27(36)35(21-13-15-23(16-14-21)39-22-8-2-1-3-9-22)18-17-33-40(37,38)24-10-6-7-20(19-24)28(30,31)32/h1-16,19,33H,17-18H2,(H,34,36). The Labute approximate surface area is 228 Å². The Balaban J connectivity index is 1.52. The molecule has 0 aliphatic carbocycles. The second kappa shape index (κ2) is 12.2. The van der Waals surface area contributed by atoms with Gasteiger partial charge in [-0.1, -0.05) is 36.4 Å². The highest BCUT2D eigenvalue weighted by molar-refractivity contribution is 7.89. The Hall–Kier alpha value is -4.42. The number of carbonyl (C=O) groups is 1. The van der Waals surface area contributed by atoms with Gasteiger partial charge in [-0.25, -0.2) is 22.3 Å². The van der Waals surface area contributed by atoms with Crippen LogP contribution in [0.25, 0.3) is 0 Å². The summed E-state index contributed by atoms with van der Waals surface area (Å²) in [6.07, 6.45) is -4.72. The quantitative estimate of drug-likeness (QED) is 0.220. The highest BCUT2D eigenvalue weighted by Crippen LogP contribution is 2.30. The second-order valence-corrected chi connectivity index (χ2v) is 10.2. The molecule has 0 aliphatic rings. The van der Waals surface area contributed by atoms with E-state index in [-0.39, 0.29) is 18.8 Å². The van der Waals surface area contributed by atoms with E-state index in [0.717, 1.165) is 23.1 Å². The number of hydrogen-bond donors (Lipinski definition) is 2. The minimum atomic E-state index is -4.72. The normalized spacial score (nSPS) is 11.6. The number of benzene rings is 4. The number of nitrogens with one attached hydrogen (secondary N) is 2. The van der Waals surface area contributed by atoms with Crippen LogP contribution in [-0.4, -0.2) is 27.5 Å². The van der Waals surface area contributed by atoms with Crippen molar-refractivity contribution in [2.24, 2.45) is 0 Å². The molecule has 0 aromatic heterocycles. The Morgan fingerprint density at radius 3 is 2.15 bits per heavy atom. The Kier molecular flexibility index (Phi) is 8.70. The number of para-hydroxylation sites is 2. The van der Waals surface area contributed by atoms with Crippen LogP contribution in [-0.2, 0) is 16.2 Å². The van der Waals surface area contributed by atoms with Crippen molar-refractivity contribution in [3.05, 3.63) is 115 Å². The van der Waals surface area contributed by atoms with Crippen LogP contribution >= 0.6 is 0 Å². The Bertz CT molecular complexity index is 1560. The van der Waals surface area contributed by atoms with E-state index >= 15 is 0 Å². The molecular weight excluding hydrogens is 550 g/mol. The van der Waals surface area contributed by atoms with Crippen molar-refractivity contribution >= 4 is 27.4 Å². The van der Waals surface area contributed by atoms with E-state index in [2.05, 4.69) is 10.0 Å². The maximum Gasteiger partial charge on any atom is 0.416 e. The van der Waals surface area contributed by atoms with Gasteiger partial charge in [-0.3, -0.25) is 4.90 Å². The Morgan fingerprint density at radius 1 is 0.825 bits per heavy atom. The first-order valence-electron chi connectivity index (χ1n) is 11.9. The van der Waals surface area contributed by atoms with E-state index < -0.39 is 38.5 Å². The number of alkyl halides is 3.